The Kier molecular flexibility index (Phi) is 7.30. The van der Waals surface area contributed by atoms with E-state index in [-0.39, 0.29) is 23.7 Å². The van der Waals surface area contributed by atoms with Gasteiger partial charge in [0.2, 0.25) is 0 Å². The third-order valence-corrected chi connectivity index (χ3v) is 8.48. The molecule has 0 aromatic heterocycles. The van der Waals surface area contributed by atoms with Crippen LogP contribution in [0.3, 0.4) is 0 Å². The first-order valence-corrected chi connectivity index (χ1v) is 14.0. The van der Waals surface area contributed by atoms with Crippen LogP contribution < -0.4 is 10.1 Å². The molecule has 5 heteroatoms. The van der Waals surface area contributed by atoms with Gasteiger partial charge in [0.25, 0.3) is 0 Å². The summed E-state index contributed by atoms with van der Waals surface area (Å²) in [5, 5.41) is 3.25. The fourth-order valence-corrected chi connectivity index (χ4v) is 6.42. The average Bonchev–Trinajstić information content (AvgIpc) is 3.12. The third-order valence-electron chi connectivity index (χ3n) is 8.48. The molecule has 3 fully saturated rings. The molecule has 3 heterocycles. The minimum atomic E-state index is -0.288. The van der Waals surface area contributed by atoms with Gasteiger partial charge < -0.3 is 14.8 Å². The summed E-state index contributed by atoms with van der Waals surface area (Å²) < 4.78 is 12.1. The van der Waals surface area contributed by atoms with Crippen molar-refractivity contribution in [3.63, 3.8) is 0 Å². The lowest BCUT2D eigenvalue weighted by molar-refractivity contribution is -0.0349. The van der Waals surface area contributed by atoms with Gasteiger partial charge in [-0.15, -0.1) is 0 Å². The number of amides is 1. The van der Waals surface area contributed by atoms with E-state index in [1.807, 2.05) is 6.92 Å². The lowest BCUT2D eigenvalue weighted by Gasteiger charge is -2.44. The molecule has 1 amide bonds. The van der Waals surface area contributed by atoms with Crippen LogP contribution in [0.5, 0.6) is 5.75 Å². The Balaban J connectivity index is 1.37. The van der Waals surface area contributed by atoms with E-state index < -0.39 is 0 Å². The van der Waals surface area contributed by atoms with E-state index in [1.165, 1.54) is 29.5 Å². The van der Waals surface area contributed by atoms with Crippen LogP contribution in [0.25, 0.3) is 11.1 Å². The maximum atomic E-state index is 13.1. The fraction of sp³-hybridized carbons (Fsp3) is 0.581. The topological polar surface area (TPSA) is 50.8 Å². The minimum absolute atomic E-state index is 0.0122. The molecule has 2 bridgehead atoms. The van der Waals surface area contributed by atoms with Gasteiger partial charge in [-0.3, -0.25) is 4.90 Å². The van der Waals surface area contributed by atoms with Crippen molar-refractivity contribution in [3.8, 4) is 16.9 Å². The van der Waals surface area contributed by atoms with Crippen LogP contribution in [0.1, 0.15) is 76.1 Å². The molecule has 2 aromatic rings. The predicted octanol–water partition coefficient (Wildman–Crippen LogP) is 6.54. The molecule has 2 atom stereocenters. The third kappa shape index (κ3) is 5.13. The number of fused-ring (bicyclic) bond motifs is 4. The van der Waals surface area contributed by atoms with Crippen molar-refractivity contribution in [2.24, 2.45) is 11.3 Å². The molecule has 1 N–H and O–H groups in total. The average molecular weight is 491 g/mol. The van der Waals surface area contributed by atoms with Gasteiger partial charge in [0.15, 0.2) is 0 Å². The van der Waals surface area contributed by atoms with Crippen LogP contribution in [0.2, 0.25) is 0 Å². The number of unbranched alkanes of at least 4 members (excludes halogenated alkanes) is 1. The van der Waals surface area contributed by atoms with E-state index in [2.05, 4.69) is 67.4 Å². The number of carbonyl (C=O) groups excluding carboxylic acids is 1. The predicted molar refractivity (Wildman–Crippen MR) is 144 cm³/mol. The zero-order chi connectivity index (χ0) is 25.3. The molecule has 194 valence electrons. The summed E-state index contributed by atoms with van der Waals surface area (Å²) in [5.41, 5.74) is 6.01. The zero-order valence-electron chi connectivity index (χ0n) is 22.4. The van der Waals surface area contributed by atoms with Crippen molar-refractivity contribution in [2.45, 2.75) is 78.4 Å². The number of benzene rings is 2. The summed E-state index contributed by atoms with van der Waals surface area (Å²) in [6.45, 7) is 12.5. The van der Waals surface area contributed by atoms with Gasteiger partial charge in [0, 0.05) is 12.1 Å². The molecule has 36 heavy (non-hydrogen) atoms. The summed E-state index contributed by atoms with van der Waals surface area (Å²) >= 11 is 0. The smallest absolute Gasteiger partial charge is 0.407 e. The molecule has 6 rings (SSSR count). The van der Waals surface area contributed by atoms with Crippen LogP contribution in [-0.4, -0.2) is 43.3 Å². The number of nitrogens with one attached hydrogen (secondary N) is 1. The molecule has 2 aromatic carbocycles. The van der Waals surface area contributed by atoms with Crippen molar-refractivity contribution >= 4 is 6.09 Å². The van der Waals surface area contributed by atoms with Crippen LogP contribution in [0.15, 0.2) is 36.4 Å². The highest BCUT2D eigenvalue weighted by atomic mass is 16.6. The summed E-state index contributed by atoms with van der Waals surface area (Å²) in [7, 11) is 0. The molecule has 1 aliphatic carbocycles. The molecule has 5 nitrogen and oxygen atoms in total. The molecular weight excluding hydrogens is 448 g/mol. The Bertz CT molecular complexity index is 1070. The maximum absolute atomic E-state index is 13.1. The lowest BCUT2D eigenvalue weighted by Crippen LogP contribution is -2.53. The summed E-state index contributed by atoms with van der Waals surface area (Å²) in [5.74, 6) is 1.39. The number of ether oxygens (including phenoxy) is 2. The van der Waals surface area contributed by atoms with Gasteiger partial charge in [0.05, 0.1) is 12.6 Å². The van der Waals surface area contributed by atoms with E-state index in [4.69, 9.17) is 9.47 Å². The first-order valence-electron chi connectivity index (χ1n) is 14.0. The van der Waals surface area contributed by atoms with Gasteiger partial charge in [-0.25, -0.2) is 4.79 Å². The highest BCUT2D eigenvalue weighted by molar-refractivity contribution is 5.74. The van der Waals surface area contributed by atoms with E-state index in [1.54, 1.807) is 0 Å². The number of alkyl carbamates (subject to hydrolysis) is 1. The molecular formula is C31H42N2O3. The number of rotatable bonds is 8. The van der Waals surface area contributed by atoms with Crippen molar-refractivity contribution < 1.29 is 14.3 Å². The van der Waals surface area contributed by atoms with Crippen LogP contribution in [0, 0.1) is 11.3 Å². The van der Waals surface area contributed by atoms with Crippen molar-refractivity contribution in [3.05, 3.63) is 53.1 Å². The van der Waals surface area contributed by atoms with Gasteiger partial charge in [-0.05, 0) is 97.8 Å². The quantitative estimate of drug-likeness (QED) is 0.457. The van der Waals surface area contributed by atoms with Crippen molar-refractivity contribution in [2.75, 3.05) is 26.2 Å². The van der Waals surface area contributed by atoms with E-state index in [0.29, 0.717) is 12.5 Å². The Morgan fingerprint density at radius 1 is 1.11 bits per heavy atom. The first kappa shape index (κ1) is 25.1. The Labute approximate surface area is 216 Å². The number of aryl methyl sites for hydroxylation is 1. The molecule has 3 saturated heterocycles. The number of nitrogens with zero attached hydrogens (tertiary/aromatic N) is 1. The number of hydrogen-bond donors (Lipinski definition) is 1. The number of hydrogen-bond acceptors (Lipinski definition) is 4. The van der Waals surface area contributed by atoms with E-state index in [0.717, 1.165) is 62.2 Å². The van der Waals surface area contributed by atoms with Crippen LogP contribution in [0.4, 0.5) is 4.79 Å². The van der Waals surface area contributed by atoms with E-state index in [9.17, 15) is 4.79 Å². The van der Waals surface area contributed by atoms with Crippen LogP contribution in [-0.2, 0) is 17.6 Å². The standard InChI is InChI=1S/C31H42N2O3/c1-5-7-8-21-9-11-22(12-10-21)25-17-24-19-31(3,4)29(26(24)18-27(25)35-6-2)32-30(34)36-28-20-33-15-13-23(28)14-16-33/h9-12,17-18,23,28-29H,5-8,13-16,19-20H2,1-4H3,(H,32,34)/t28-,29+/m1/s1. The molecule has 0 radical (unpaired) electrons. The van der Waals surface area contributed by atoms with Gasteiger partial charge in [-0.2, -0.15) is 0 Å². The maximum Gasteiger partial charge on any atom is 0.407 e. The Hall–Kier alpha value is -2.53. The second-order valence-corrected chi connectivity index (χ2v) is 11.6. The van der Waals surface area contributed by atoms with Gasteiger partial charge >= 0.3 is 6.09 Å². The first-order chi connectivity index (χ1) is 17.4. The summed E-state index contributed by atoms with van der Waals surface area (Å²) in [6, 6.07) is 13.3. The molecule has 0 unspecified atom stereocenters. The summed E-state index contributed by atoms with van der Waals surface area (Å²) in [6.07, 6.45) is 6.44. The molecule has 0 spiro atoms. The fourth-order valence-electron chi connectivity index (χ4n) is 6.42. The molecule has 0 saturated carbocycles. The normalized spacial score (nSPS) is 25.9. The zero-order valence-corrected chi connectivity index (χ0v) is 22.4. The number of carbonyl (C=O) groups is 1. The largest absolute Gasteiger partial charge is 0.493 e. The van der Waals surface area contributed by atoms with Crippen LogP contribution >= 0.6 is 0 Å². The van der Waals surface area contributed by atoms with Crippen molar-refractivity contribution in [1.82, 2.24) is 10.2 Å². The lowest BCUT2D eigenvalue weighted by atomic mass is 9.85. The molecule has 3 aliphatic heterocycles. The Morgan fingerprint density at radius 3 is 2.50 bits per heavy atom. The summed E-state index contributed by atoms with van der Waals surface area (Å²) in [4.78, 5) is 15.5. The van der Waals surface area contributed by atoms with Gasteiger partial charge in [0.1, 0.15) is 11.9 Å². The number of piperidine rings is 3. The second-order valence-electron chi connectivity index (χ2n) is 11.6. The monoisotopic (exact) mass is 490 g/mol. The van der Waals surface area contributed by atoms with E-state index >= 15 is 0 Å². The highest BCUT2D eigenvalue weighted by Crippen LogP contribution is 2.48. The Morgan fingerprint density at radius 2 is 1.86 bits per heavy atom. The second kappa shape index (κ2) is 10.5. The highest BCUT2D eigenvalue weighted by Gasteiger charge is 2.42. The van der Waals surface area contributed by atoms with Gasteiger partial charge in [-0.1, -0.05) is 51.5 Å². The minimum Gasteiger partial charge on any atom is -0.493 e. The molecule has 4 aliphatic rings. The SMILES string of the molecule is CCCCc1ccc(-c2cc3c(cc2OCC)[C@H](NC(=O)O[C@@H]2CN4CCC2CC4)C(C)(C)C3)cc1. The van der Waals surface area contributed by atoms with Crippen molar-refractivity contribution in [1.29, 1.82) is 0 Å².